The molecule has 0 unspecified atom stereocenters. The van der Waals surface area contributed by atoms with E-state index in [2.05, 4.69) is 97.1 Å². The molecule has 0 N–H and O–H groups in total. The summed E-state index contributed by atoms with van der Waals surface area (Å²) in [5, 5.41) is 0. The molecule has 0 amide bonds. The van der Waals surface area contributed by atoms with Crippen molar-refractivity contribution in [3.8, 4) is 0 Å². The highest BCUT2D eigenvalue weighted by atomic mass is 16.5. The van der Waals surface area contributed by atoms with Crippen molar-refractivity contribution in [3.63, 3.8) is 0 Å². The van der Waals surface area contributed by atoms with Gasteiger partial charge in [-0.2, -0.15) is 0 Å². The maximum Gasteiger partial charge on any atom is 0.273 e. The van der Waals surface area contributed by atoms with Gasteiger partial charge in [-0.05, 0) is 22.3 Å². The van der Waals surface area contributed by atoms with Gasteiger partial charge in [-0.15, -0.1) is 0 Å². The number of benzene rings is 4. The van der Waals surface area contributed by atoms with Gasteiger partial charge in [0.1, 0.15) is 13.2 Å². The number of nitrogens with zero attached hydrogens (tertiary/aromatic N) is 2. The van der Waals surface area contributed by atoms with Crippen LogP contribution >= 0.6 is 0 Å². The van der Waals surface area contributed by atoms with Crippen molar-refractivity contribution in [3.05, 3.63) is 144 Å². The van der Waals surface area contributed by atoms with Crippen molar-refractivity contribution in [2.75, 3.05) is 13.2 Å². The summed E-state index contributed by atoms with van der Waals surface area (Å²) in [6.07, 6.45) is 0. The van der Waals surface area contributed by atoms with Gasteiger partial charge in [0, 0.05) is 11.8 Å². The SMILES string of the molecule is c1ccc(C(c2ccccc2)[C@H]2COC(C3=N[C@@H](C(c4ccccc4)c4ccccc4)CO3)=N2)cc1. The summed E-state index contributed by atoms with van der Waals surface area (Å²) >= 11 is 0. The molecule has 2 aliphatic heterocycles. The normalized spacial score (nSPS) is 19.1. The van der Waals surface area contributed by atoms with Gasteiger partial charge in [0.2, 0.25) is 0 Å². The predicted molar refractivity (Wildman–Crippen MR) is 144 cm³/mol. The van der Waals surface area contributed by atoms with E-state index in [-0.39, 0.29) is 23.9 Å². The van der Waals surface area contributed by atoms with Crippen LogP contribution in [0.5, 0.6) is 0 Å². The first kappa shape index (κ1) is 22.3. The fraction of sp³-hybridized carbons (Fsp3) is 0.188. The molecular formula is C32H28N2O2. The fourth-order valence-electron chi connectivity index (χ4n) is 5.27. The van der Waals surface area contributed by atoms with E-state index in [9.17, 15) is 0 Å². The zero-order valence-corrected chi connectivity index (χ0v) is 20.0. The molecule has 178 valence electrons. The van der Waals surface area contributed by atoms with Gasteiger partial charge < -0.3 is 9.47 Å². The Morgan fingerprint density at radius 1 is 0.444 bits per heavy atom. The molecule has 0 aromatic heterocycles. The van der Waals surface area contributed by atoms with E-state index >= 15 is 0 Å². The Hall–Kier alpha value is -4.18. The molecule has 0 radical (unpaired) electrons. The lowest BCUT2D eigenvalue weighted by atomic mass is 9.86. The fourth-order valence-corrected chi connectivity index (χ4v) is 5.27. The van der Waals surface area contributed by atoms with Crippen LogP contribution in [0.3, 0.4) is 0 Å². The third kappa shape index (κ3) is 4.55. The van der Waals surface area contributed by atoms with Crippen LogP contribution < -0.4 is 0 Å². The molecule has 0 aliphatic carbocycles. The smallest absolute Gasteiger partial charge is 0.273 e. The van der Waals surface area contributed by atoms with Crippen LogP contribution in [0.4, 0.5) is 0 Å². The minimum atomic E-state index is -0.0470. The van der Waals surface area contributed by atoms with Crippen molar-refractivity contribution < 1.29 is 9.47 Å². The lowest BCUT2D eigenvalue weighted by molar-refractivity contribution is 0.287. The highest BCUT2D eigenvalue weighted by Crippen LogP contribution is 2.35. The van der Waals surface area contributed by atoms with Gasteiger partial charge >= 0.3 is 0 Å². The molecule has 6 rings (SSSR count). The Bertz CT molecular complexity index is 1150. The molecule has 2 aliphatic rings. The molecule has 0 bridgehead atoms. The predicted octanol–water partition coefficient (Wildman–Crippen LogP) is 6.25. The van der Waals surface area contributed by atoms with Gasteiger partial charge in [0.05, 0.1) is 12.1 Å². The molecule has 0 saturated heterocycles. The summed E-state index contributed by atoms with van der Waals surface area (Å²) < 4.78 is 12.2. The van der Waals surface area contributed by atoms with E-state index < -0.39 is 0 Å². The van der Waals surface area contributed by atoms with E-state index in [1.54, 1.807) is 0 Å². The van der Waals surface area contributed by atoms with Gasteiger partial charge in [0.25, 0.3) is 11.8 Å². The lowest BCUT2D eigenvalue weighted by Crippen LogP contribution is -2.19. The second-order valence-corrected chi connectivity index (χ2v) is 9.22. The minimum absolute atomic E-state index is 0.0470. The van der Waals surface area contributed by atoms with E-state index in [0.717, 1.165) is 0 Å². The van der Waals surface area contributed by atoms with Crippen LogP contribution in [-0.4, -0.2) is 37.1 Å². The van der Waals surface area contributed by atoms with Crippen LogP contribution in [0.25, 0.3) is 0 Å². The molecule has 36 heavy (non-hydrogen) atoms. The number of hydrogen-bond donors (Lipinski definition) is 0. The van der Waals surface area contributed by atoms with E-state index in [4.69, 9.17) is 19.5 Å². The van der Waals surface area contributed by atoms with Gasteiger partial charge in [-0.3, -0.25) is 0 Å². The molecule has 4 aromatic carbocycles. The molecule has 2 heterocycles. The Balaban J connectivity index is 1.30. The molecule has 4 aromatic rings. The van der Waals surface area contributed by atoms with Gasteiger partial charge in [0.15, 0.2) is 0 Å². The second-order valence-electron chi connectivity index (χ2n) is 9.22. The average molecular weight is 473 g/mol. The number of hydrogen-bond acceptors (Lipinski definition) is 4. The Morgan fingerprint density at radius 2 is 0.722 bits per heavy atom. The summed E-state index contributed by atoms with van der Waals surface area (Å²) in [4.78, 5) is 10.0. The van der Waals surface area contributed by atoms with Crippen LogP contribution in [0, 0.1) is 0 Å². The van der Waals surface area contributed by atoms with Crippen molar-refractivity contribution in [2.24, 2.45) is 9.98 Å². The Morgan fingerprint density at radius 3 is 1.00 bits per heavy atom. The second kappa shape index (κ2) is 10.2. The summed E-state index contributed by atoms with van der Waals surface area (Å²) in [5.74, 6) is 1.23. The first-order valence-corrected chi connectivity index (χ1v) is 12.5. The highest BCUT2D eigenvalue weighted by Gasteiger charge is 2.37. The molecule has 0 spiro atoms. The standard InChI is InChI=1S/C32H28N2O2/c1-5-13-23(14-6-1)29(24-15-7-2-8-16-24)27-21-35-31(33-27)32-34-28(22-36-32)30(25-17-9-3-10-18-25)26-19-11-4-12-20-26/h1-20,27-30H,21-22H2/t27-,28-/m1/s1. The molecular weight excluding hydrogens is 444 g/mol. The average Bonchev–Trinajstić information content (AvgIpc) is 3.62. The number of rotatable bonds is 7. The van der Waals surface area contributed by atoms with Crippen molar-refractivity contribution >= 4 is 11.8 Å². The topological polar surface area (TPSA) is 43.2 Å². The molecule has 2 atom stereocenters. The van der Waals surface area contributed by atoms with Crippen LogP contribution in [0.15, 0.2) is 131 Å². The molecule has 4 nitrogen and oxygen atoms in total. The zero-order chi connectivity index (χ0) is 24.2. The van der Waals surface area contributed by atoms with Crippen LogP contribution in [0.2, 0.25) is 0 Å². The Labute approximate surface area is 212 Å². The van der Waals surface area contributed by atoms with E-state index in [0.29, 0.717) is 25.0 Å². The lowest BCUT2D eigenvalue weighted by Gasteiger charge is -2.21. The van der Waals surface area contributed by atoms with Crippen LogP contribution in [-0.2, 0) is 9.47 Å². The first-order valence-electron chi connectivity index (χ1n) is 12.5. The largest absolute Gasteiger partial charge is 0.472 e. The minimum Gasteiger partial charge on any atom is -0.472 e. The molecule has 0 fully saturated rings. The third-order valence-corrected chi connectivity index (χ3v) is 6.94. The summed E-state index contributed by atoms with van der Waals surface area (Å²) in [6, 6.07) is 42.0. The Kier molecular flexibility index (Phi) is 6.32. The highest BCUT2D eigenvalue weighted by molar-refractivity contribution is 6.36. The first-order chi connectivity index (χ1) is 17.9. The monoisotopic (exact) mass is 472 g/mol. The van der Waals surface area contributed by atoms with Gasteiger partial charge in [-0.25, -0.2) is 9.98 Å². The van der Waals surface area contributed by atoms with Crippen molar-refractivity contribution in [2.45, 2.75) is 23.9 Å². The number of ether oxygens (including phenoxy) is 2. The summed E-state index contributed by atoms with van der Waals surface area (Å²) in [5.41, 5.74) is 4.90. The summed E-state index contributed by atoms with van der Waals surface area (Å²) in [6.45, 7) is 0.995. The number of aliphatic imine (C=N–C) groups is 2. The van der Waals surface area contributed by atoms with E-state index in [1.165, 1.54) is 22.3 Å². The quantitative estimate of drug-likeness (QED) is 0.319. The maximum atomic E-state index is 6.11. The van der Waals surface area contributed by atoms with Crippen molar-refractivity contribution in [1.82, 2.24) is 0 Å². The zero-order valence-electron chi connectivity index (χ0n) is 20.0. The maximum absolute atomic E-state index is 6.11. The summed E-state index contributed by atoms with van der Waals surface area (Å²) in [7, 11) is 0. The van der Waals surface area contributed by atoms with Gasteiger partial charge in [-0.1, -0.05) is 121 Å². The van der Waals surface area contributed by atoms with Crippen molar-refractivity contribution in [1.29, 1.82) is 0 Å². The molecule has 4 heteroatoms. The van der Waals surface area contributed by atoms with Crippen LogP contribution in [0.1, 0.15) is 34.1 Å². The third-order valence-electron chi connectivity index (χ3n) is 6.94. The van der Waals surface area contributed by atoms with E-state index in [1.807, 2.05) is 24.3 Å². The molecule has 0 saturated carbocycles.